The lowest BCUT2D eigenvalue weighted by molar-refractivity contribution is -0.113. The fourth-order valence-corrected chi connectivity index (χ4v) is 3.99. The highest BCUT2D eigenvalue weighted by Gasteiger charge is 2.10. The molecule has 0 saturated carbocycles. The van der Waals surface area contributed by atoms with Crippen LogP contribution < -0.4 is 5.32 Å². The van der Waals surface area contributed by atoms with Crippen LogP contribution in [0, 0.1) is 6.92 Å². The molecule has 0 unspecified atom stereocenters. The van der Waals surface area contributed by atoms with E-state index in [2.05, 4.69) is 15.5 Å². The van der Waals surface area contributed by atoms with Crippen molar-refractivity contribution >= 4 is 45.7 Å². The molecule has 25 heavy (non-hydrogen) atoms. The molecule has 1 heterocycles. The summed E-state index contributed by atoms with van der Waals surface area (Å²) < 4.78 is 0. The van der Waals surface area contributed by atoms with E-state index in [9.17, 15) is 4.79 Å². The van der Waals surface area contributed by atoms with Crippen LogP contribution in [0.3, 0.4) is 0 Å². The van der Waals surface area contributed by atoms with Crippen molar-refractivity contribution in [1.82, 2.24) is 10.2 Å². The fraction of sp³-hybridized carbons (Fsp3) is 0.167. The number of halogens is 1. The number of hydrogen-bond donors (Lipinski definition) is 1. The average molecular weight is 390 g/mol. The van der Waals surface area contributed by atoms with Gasteiger partial charge in [-0.25, -0.2) is 0 Å². The number of anilines is 1. The van der Waals surface area contributed by atoms with E-state index in [-0.39, 0.29) is 5.91 Å². The predicted octanol–water partition coefficient (Wildman–Crippen LogP) is 5.04. The van der Waals surface area contributed by atoms with E-state index in [0.717, 1.165) is 21.2 Å². The van der Waals surface area contributed by atoms with Crippen molar-refractivity contribution in [3.05, 3.63) is 64.7 Å². The molecule has 4 nitrogen and oxygen atoms in total. The van der Waals surface area contributed by atoms with E-state index in [0.29, 0.717) is 16.6 Å². The van der Waals surface area contributed by atoms with Crippen molar-refractivity contribution in [1.29, 1.82) is 0 Å². The van der Waals surface area contributed by atoms with Gasteiger partial charge in [0.1, 0.15) is 5.01 Å². The Hall–Kier alpha value is -1.89. The number of carbonyl (C=O) groups is 1. The van der Waals surface area contributed by atoms with E-state index >= 15 is 0 Å². The van der Waals surface area contributed by atoms with Gasteiger partial charge in [-0.2, -0.15) is 0 Å². The molecule has 1 N–H and O–H groups in total. The largest absolute Gasteiger partial charge is 0.300 e. The maximum absolute atomic E-state index is 12.1. The summed E-state index contributed by atoms with van der Waals surface area (Å²) in [6.45, 7) is 2.04. The van der Waals surface area contributed by atoms with Gasteiger partial charge in [-0.3, -0.25) is 10.1 Å². The molecule has 2 aromatic carbocycles. The number of hydrogen-bond acceptors (Lipinski definition) is 5. The first-order valence-corrected chi connectivity index (χ1v) is 9.98. The summed E-state index contributed by atoms with van der Waals surface area (Å²) in [5.74, 6) is 0.936. The first-order valence-electron chi connectivity index (χ1n) is 7.63. The molecule has 1 aromatic heterocycles. The van der Waals surface area contributed by atoms with Crippen molar-refractivity contribution in [3.8, 4) is 10.6 Å². The summed E-state index contributed by atoms with van der Waals surface area (Å²) in [6.07, 6.45) is 0. The van der Waals surface area contributed by atoms with Crippen LogP contribution >= 0.6 is 34.7 Å². The van der Waals surface area contributed by atoms with Crippen LogP contribution in [0.1, 0.15) is 11.1 Å². The van der Waals surface area contributed by atoms with Crippen LogP contribution in [0.5, 0.6) is 0 Å². The molecule has 0 spiro atoms. The van der Waals surface area contributed by atoms with Crippen LogP contribution in [-0.4, -0.2) is 21.9 Å². The molecule has 0 saturated heterocycles. The second-order valence-electron chi connectivity index (χ2n) is 5.41. The molecule has 0 bridgehead atoms. The Kier molecular flexibility index (Phi) is 6.07. The number of nitrogens with one attached hydrogen (secondary N) is 1. The molecule has 0 aliphatic carbocycles. The van der Waals surface area contributed by atoms with Crippen LogP contribution in [0.2, 0.25) is 5.02 Å². The molecule has 3 rings (SSSR count). The number of benzene rings is 2. The molecular weight excluding hydrogens is 374 g/mol. The first-order chi connectivity index (χ1) is 12.1. The standard InChI is InChI=1S/C18H16ClN3OS2/c1-12-6-8-13(9-7-12)17-21-22-18(25-17)20-16(23)11-24-10-14-4-2-3-5-15(14)19/h2-9H,10-11H2,1H3,(H,20,22,23). The summed E-state index contributed by atoms with van der Waals surface area (Å²) >= 11 is 8.99. The molecule has 1 amide bonds. The minimum Gasteiger partial charge on any atom is -0.300 e. The third kappa shape index (κ3) is 5.04. The summed E-state index contributed by atoms with van der Waals surface area (Å²) in [6, 6.07) is 15.7. The monoisotopic (exact) mass is 389 g/mol. The molecular formula is C18H16ClN3OS2. The zero-order valence-electron chi connectivity index (χ0n) is 13.5. The Morgan fingerprint density at radius 1 is 1.16 bits per heavy atom. The Bertz CT molecular complexity index is 865. The van der Waals surface area contributed by atoms with Gasteiger partial charge in [0.2, 0.25) is 11.0 Å². The van der Waals surface area contributed by atoms with Crippen LogP contribution in [0.25, 0.3) is 10.6 Å². The van der Waals surface area contributed by atoms with Gasteiger partial charge >= 0.3 is 0 Å². The number of aryl methyl sites for hydroxylation is 1. The van der Waals surface area contributed by atoms with Crippen molar-refractivity contribution in [2.45, 2.75) is 12.7 Å². The highest BCUT2D eigenvalue weighted by molar-refractivity contribution is 7.99. The normalized spacial score (nSPS) is 10.6. The van der Waals surface area contributed by atoms with Gasteiger partial charge in [0.25, 0.3) is 0 Å². The van der Waals surface area contributed by atoms with Gasteiger partial charge in [-0.1, -0.05) is 71.0 Å². The third-order valence-corrected chi connectivity index (χ3v) is 5.66. The van der Waals surface area contributed by atoms with Crippen molar-refractivity contribution in [2.75, 3.05) is 11.1 Å². The topological polar surface area (TPSA) is 54.9 Å². The van der Waals surface area contributed by atoms with E-state index < -0.39 is 0 Å². The lowest BCUT2D eigenvalue weighted by atomic mass is 10.2. The van der Waals surface area contributed by atoms with Gasteiger partial charge in [-0.05, 0) is 18.6 Å². The Morgan fingerprint density at radius 2 is 1.92 bits per heavy atom. The number of rotatable bonds is 6. The quantitative estimate of drug-likeness (QED) is 0.641. The number of amides is 1. The molecule has 0 fully saturated rings. The van der Waals surface area contributed by atoms with Gasteiger partial charge in [0, 0.05) is 16.3 Å². The number of thioether (sulfide) groups is 1. The molecule has 0 aliphatic heterocycles. The molecule has 0 radical (unpaired) electrons. The van der Waals surface area contributed by atoms with E-state index in [1.54, 1.807) is 0 Å². The van der Waals surface area contributed by atoms with Gasteiger partial charge in [-0.15, -0.1) is 22.0 Å². The number of aromatic nitrogens is 2. The van der Waals surface area contributed by atoms with Crippen LogP contribution in [-0.2, 0) is 10.5 Å². The second-order valence-corrected chi connectivity index (χ2v) is 7.78. The first kappa shape index (κ1) is 17.9. The Morgan fingerprint density at radius 3 is 2.68 bits per heavy atom. The van der Waals surface area contributed by atoms with E-state index in [4.69, 9.17) is 11.6 Å². The zero-order chi connectivity index (χ0) is 17.6. The van der Waals surface area contributed by atoms with Gasteiger partial charge in [0.15, 0.2) is 0 Å². The maximum Gasteiger partial charge on any atom is 0.236 e. The summed E-state index contributed by atoms with van der Waals surface area (Å²) in [7, 11) is 0. The highest BCUT2D eigenvalue weighted by atomic mass is 35.5. The number of nitrogens with zero attached hydrogens (tertiary/aromatic N) is 2. The zero-order valence-corrected chi connectivity index (χ0v) is 15.9. The van der Waals surface area contributed by atoms with Crippen molar-refractivity contribution in [3.63, 3.8) is 0 Å². The van der Waals surface area contributed by atoms with Crippen molar-refractivity contribution < 1.29 is 4.79 Å². The van der Waals surface area contributed by atoms with Gasteiger partial charge < -0.3 is 0 Å². The van der Waals surface area contributed by atoms with E-state index in [1.807, 2.05) is 55.5 Å². The van der Waals surface area contributed by atoms with Crippen LogP contribution in [0.15, 0.2) is 48.5 Å². The van der Waals surface area contributed by atoms with Crippen LogP contribution in [0.4, 0.5) is 5.13 Å². The fourth-order valence-electron chi connectivity index (χ4n) is 2.11. The predicted molar refractivity (Wildman–Crippen MR) is 106 cm³/mol. The Labute approximate surface area is 159 Å². The summed E-state index contributed by atoms with van der Waals surface area (Å²) in [5.41, 5.74) is 3.22. The highest BCUT2D eigenvalue weighted by Crippen LogP contribution is 2.27. The SMILES string of the molecule is Cc1ccc(-c2nnc(NC(=O)CSCc3ccccc3Cl)s2)cc1. The van der Waals surface area contributed by atoms with E-state index in [1.165, 1.54) is 28.7 Å². The lowest BCUT2D eigenvalue weighted by Gasteiger charge is -2.04. The van der Waals surface area contributed by atoms with Crippen molar-refractivity contribution in [2.24, 2.45) is 0 Å². The maximum atomic E-state index is 12.1. The third-order valence-electron chi connectivity index (χ3n) is 3.42. The summed E-state index contributed by atoms with van der Waals surface area (Å²) in [4.78, 5) is 12.1. The Balaban J connectivity index is 1.51. The minimum atomic E-state index is -0.0938. The molecule has 3 aromatic rings. The summed E-state index contributed by atoms with van der Waals surface area (Å²) in [5, 5.41) is 13.0. The van der Waals surface area contributed by atoms with Gasteiger partial charge in [0.05, 0.1) is 5.75 Å². The average Bonchev–Trinajstić information content (AvgIpc) is 3.05. The number of carbonyl (C=O) groups excluding carboxylic acids is 1. The lowest BCUT2D eigenvalue weighted by Crippen LogP contribution is -2.14. The second kappa shape index (κ2) is 8.47. The molecule has 128 valence electrons. The molecule has 0 aliphatic rings. The molecule has 7 heteroatoms. The molecule has 0 atom stereocenters. The smallest absolute Gasteiger partial charge is 0.236 e. The minimum absolute atomic E-state index is 0.0938.